The molecule has 1 aliphatic rings. The summed E-state index contributed by atoms with van der Waals surface area (Å²) >= 11 is 0. The SMILES string of the molecule is CC1CCN(CC(O)c2ccc(N)cc2)C1CO. The van der Waals surface area contributed by atoms with Gasteiger partial charge < -0.3 is 15.9 Å². The second kappa shape index (κ2) is 5.69. The van der Waals surface area contributed by atoms with Gasteiger partial charge in [-0.15, -0.1) is 0 Å². The van der Waals surface area contributed by atoms with Gasteiger partial charge in [0.15, 0.2) is 0 Å². The molecule has 4 N–H and O–H groups in total. The van der Waals surface area contributed by atoms with E-state index in [4.69, 9.17) is 5.73 Å². The fraction of sp³-hybridized carbons (Fsp3) is 0.571. The summed E-state index contributed by atoms with van der Waals surface area (Å²) in [7, 11) is 0. The molecule has 0 aliphatic carbocycles. The summed E-state index contributed by atoms with van der Waals surface area (Å²) in [6, 6.07) is 7.48. The van der Waals surface area contributed by atoms with Gasteiger partial charge >= 0.3 is 0 Å². The van der Waals surface area contributed by atoms with Crippen LogP contribution in [0, 0.1) is 5.92 Å². The molecule has 3 unspecified atom stereocenters. The summed E-state index contributed by atoms with van der Waals surface area (Å²) in [4.78, 5) is 2.17. The first-order valence-electron chi connectivity index (χ1n) is 6.50. The summed E-state index contributed by atoms with van der Waals surface area (Å²) in [5.41, 5.74) is 7.21. The Balaban J connectivity index is 1.99. The van der Waals surface area contributed by atoms with Crippen molar-refractivity contribution in [1.29, 1.82) is 0 Å². The maximum absolute atomic E-state index is 10.2. The third-order valence-corrected chi connectivity index (χ3v) is 3.91. The number of likely N-dealkylation sites (tertiary alicyclic amines) is 1. The Kier molecular flexibility index (Phi) is 4.22. The van der Waals surface area contributed by atoms with E-state index in [1.165, 1.54) is 0 Å². The Morgan fingerprint density at radius 2 is 2.06 bits per heavy atom. The summed E-state index contributed by atoms with van der Waals surface area (Å²) in [5.74, 6) is 0.494. The number of hydrogen-bond donors (Lipinski definition) is 3. The lowest BCUT2D eigenvalue weighted by Gasteiger charge is -2.27. The number of rotatable bonds is 4. The molecule has 0 radical (unpaired) electrons. The highest BCUT2D eigenvalue weighted by Gasteiger charge is 2.31. The highest BCUT2D eigenvalue weighted by atomic mass is 16.3. The molecule has 2 rings (SSSR count). The van der Waals surface area contributed by atoms with E-state index in [-0.39, 0.29) is 12.6 Å². The third kappa shape index (κ3) is 2.83. The Morgan fingerprint density at radius 3 is 2.67 bits per heavy atom. The van der Waals surface area contributed by atoms with E-state index in [0.717, 1.165) is 18.5 Å². The molecule has 1 heterocycles. The minimum atomic E-state index is -0.523. The van der Waals surface area contributed by atoms with E-state index in [1.807, 2.05) is 12.1 Å². The molecule has 0 spiro atoms. The van der Waals surface area contributed by atoms with Crippen LogP contribution in [0.5, 0.6) is 0 Å². The molecule has 3 atom stereocenters. The average Bonchev–Trinajstić information content (AvgIpc) is 2.70. The van der Waals surface area contributed by atoms with Crippen LogP contribution in [0.15, 0.2) is 24.3 Å². The van der Waals surface area contributed by atoms with Crippen LogP contribution in [0.3, 0.4) is 0 Å². The zero-order valence-electron chi connectivity index (χ0n) is 10.8. The van der Waals surface area contributed by atoms with E-state index in [1.54, 1.807) is 12.1 Å². The Hall–Kier alpha value is -1.10. The first-order chi connectivity index (χ1) is 8.61. The predicted molar refractivity (Wildman–Crippen MR) is 72.0 cm³/mol. The fourth-order valence-electron chi connectivity index (χ4n) is 2.66. The van der Waals surface area contributed by atoms with Crippen molar-refractivity contribution in [3.63, 3.8) is 0 Å². The first kappa shape index (κ1) is 13.3. The predicted octanol–water partition coefficient (Wildman–Crippen LogP) is 1.00. The van der Waals surface area contributed by atoms with E-state index >= 15 is 0 Å². The molecular weight excluding hydrogens is 228 g/mol. The topological polar surface area (TPSA) is 69.7 Å². The van der Waals surface area contributed by atoms with Crippen molar-refractivity contribution in [2.45, 2.75) is 25.5 Å². The standard InChI is InChI=1S/C14H22N2O2/c1-10-6-7-16(13(10)9-17)8-14(18)11-2-4-12(15)5-3-11/h2-5,10,13-14,17-18H,6-9,15H2,1H3. The molecule has 4 heteroatoms. The lowest BCUT2D eigenvalue weighted by Crippen LogP contribution is -2.37. The monoisotopic (exact) mass is 250 g/mol. The van der Waals surface area contributed by atoms with Gasteiger partial charge in [-0.25, -0.2) is 0 Å². The lowest BCUT2D eigenvalue weighted by molar-refractivity contribution is 0.0763. The molecule has 0 bridgehead atoms. The van der Waals surface area contributed by atoms with Crippen LogP contribution in [0.1, 0.15) is 25.0 Å². The van der Waals surface area contributed by atoms with Gasteiger partial charge in [0.1, 0.15) is 0 Å². The summed E-state index contributed by atoms with van der Waals surface area (Å²) in [5, 5.41) is 19.6. The number of nitrogen functional groups attached to an aromatic ring is 1. The summed E-state index contributed by atoms with van der Waals surface area (Å²) in [6.45, 7) is 3.82. The van der Waals surface area contributed by atoms with Crippen LogP contribution in [0.2, 0.25) is 0 Å². The Bertz CT molecular complexity index is 380. The molecule has 0 aromatic heterocycles. The van der Waals surface area contributed by atoms with Crippen molar-refractivity contribution in [3.8, 4) is 0 Å². The zero-order chi connectivity index (χ0) is 13.1. The van der Waals surface area contributed by atoms with Crippen LogP contribution >= 0.6 is 0 Å². The number of anilines is 1. The van der Waals surface area contributed by atoms with Crippen LogP contribution in [-0.2, 0) is 0 Å². The summed E-state index contributed by atoms with van der Waals surface area (Å²) < 4.78 is 0. The normalized spacial score (nSPS) is 26.4. The fourth-order valence-corrected chi connectivity index (χ4v) is 2.66. The van der Waals surface area contributed by atoms with Gasteiger partial charge in [0.2, 0.25) is 0 Å². The molecule has 1 aliphatic heterocycles. The van der Waals surface area contributed by atoms with Crippen molar-refractivity contribution in [2.24, 2.45) is 5.92 Å². The number of nitrogens with zero attached hydrogens (tertiary/aromatic N) is 1. The number of benzene rings is 1. The molecule has 1 aromatic rings. The molecule has 0 saturated carbocycles. The van der Waals surface area contributed by atoms with Gasteiger partial charge in [-0.1, -0.05) is 19.1 Å². The van der Waals surface area contributed by atoms with Crippen molar-refractivity contribution in [1.82, 2.24) is 4.90 Å². The number of hydrogen-bond acceptors (Lipinski definition) is 4. The van der Waals surface area contributed by atoms with Crippen LogP contribution < -0.4 is 5.73 Å². The number of aliphatic hydroxyl groups excluding tert-OH is 2. The second-order valence-corrected chi connectivity index (χ2v) is 5.19. The van der Waals surface area contributed by atoms with Gasteiger partial charge in [0.05, 0.1) is 12.7 Å². The Morgan fingerprint density at radius 1 is 1.39 bits per heavy atom. The lowest BCUT2D eigenvalue weighted by atomic mass is 10.0. The molecular formula is C14H22N2O2. The molecule has 1 aromatic carbocycles. The largest absolute Gasteiger partial charge is 0.399 e. The Labute approximate surface area is 108 Å². The minimum absolute atomic E-state index is 0.162. The maximum Gasteiger partial charge on any atom is 0.0917 e. The van der Waals surface area contributed by atoms with E-state index in [9.17, 15) is 10.2 Å². The highest BCUT2D eigenvalue weighted by Crippen LogP contribution is 2.26. The van der Waals surface area contributed by atoms with Crippen molar-refractivity contribution >= 4 is 5.69 Å². The molecule has 4 nitrogen and oxygen atoms in total. The minimum Gasteiger partial charge on any atom is -0.399 e. The van der Waals surface area contributed by atoms with Gasteiger partial charge in [0.25, 0.3) is 0 Å². The molecule has 1 saturated heterocycles. The molecule has 1 fully saturated rings. The van der Waals surface area contributed by atoms with Crippen molar-refractivity contribution < 1.29 is 10.2 Å². The van der Waals surface area contributed by atoms with Crippen LogP contribution in [0.25, 0.3) is 0 Å². The van der Waals surface area contributed by atoms with Gasteiger partial charge in [-0.2, -0.15) is 0 Å². The van der Waals surface area contributed by atoms with Gasteiger partial charge in [0, 0.05) is 18.3 Å². The van der Waals surface area contributed by atoms with E-state index in [2.05, 4.69) is 11.8 Å². The van der Waals surface area contributed by atoms with Crippen molar-refractivity contribution in [3.05, 3.63) is 29.8 Å². The molecule has 100 valence electrons. The quantitative estimate of drug-likeness (QED) is 0.697. The van der Waals surface area contributed by atoms with Crippen LogP contribution in [-0.4, -0.2) is 40.9 Å². The summed E-state index contributed by atoms with van der Waals surface area (Å²) in [6.07, 6.45) is 0.560. The highest BCUT2D eigenvalue weighted by molar-refractivity contribution is 5.39. The third-order valence-electron chi connectivity index (χ3n) is 3.91. The average molecular weight is 250 g/mol. The first-order valence-corrected chi connectivity index (χ1v) is 6.50. The number of β-amino-alcohol motifs (C(OH)–C–C–N with tert-alkyl or cyclic N) is 1. The van der Waals surface area contributed by atoms with E-state index in [0.29, 0.717) is 18.2 Å². The number of nitrogens with two attached hydrogens (primary N) is 1. The van der Waals surface area contributed by atoms with Gasteiger partial charge in [-0.3, -0.25) is 4.90 Å². The smallest absolute Gasteiger partial charge is 0.0917 e. The molecule has 18 heavy (non-hydrogen) atoms. The molecule has 0 amide bonds. The van der Waals surface area contributed by atoms with Gasteiger partial charge in [-0.05, 0) is 36.6 Å². The zero-order valence-corrected chi connectivity index (χ0v) is 10.8. The van der Waals surface area contributed by atoms with Crippen molar-refractivity contribution in [2.75, 3.05) is 25.4 Å². The maximum atomic E-state index is 10.2. The van der Waals surface area contributed by atoms with E-state index < -0.39 is 6.10 Å². The number of aliphatic hydroxyl groups is 2. The second-order valence-electron chi connectivity index (χ2n) is 5.19. The van der Waals surface area contributed by atoms with Crippen LogP contribution in [0.4, 0.5) is 5.69 Å².